The van der Waals surface area contributed by atoms with E-state index in [1.807, 2.05) is 23.1 Å². The Bertz CT molecular complexity index is 1830. The molecule has 49 heavy (non-hydrogen) atoms. The number of rotatable bonds is 6. The minimum atomic E-state index is -0.645. The Kier molecular flexibility index (Phi) is 8.95. The van der Waals surface area contributed by atoms with E-state index in [2.05, 4.69) is 44.7 Å². The number of hydrogen-bond donors (Lipinski definition) is 2. The normalized spacial score (nSPS) is 24.0. The van der Waals surface area contributed by atoms with Crippen LogP contribution in [0.25, 0.3) is 0 Å². The molecular formula is C36H41ClFN7O4. The lowest BCUT2D eigenvalue weighted by Crippen LogP contribution is -2.61. The van der Waals surface area contributed by atoms with E-state index >= 15 is 4.39 Å². The summed E-state index contributed by atoms with van der Waals surface area (Å²) in [6.07, 6.45) is 4.75. The van der Waals surface area contributed by atoms with Crippen LogP contribution in [0, 0.1) is 11.2 Å². The van der Waals surface area contributed by atoms with Gasteiger partial charge in [-0.1, -0.05) is 29.8 Å². The van der Waals surface area contributed by atoms with Crippen molar-refractivity contribution in [3.05, 3.63) is 86.5 Å². The molecule has 4 aliphatic rings. The van der Waals surface area contributed by atoms with Crippen LogP contribution in [0.2, 0.25) is 5.02 Å². The van der Waals surface area contributed by atoms with Gasteiger partial charge in [-0.2, -0.15) is 5.10 Å². The summed E-state index contributed by atoms with van der Waals surface area (Å²) < 4.78 is 16.3. The summed E-state index contributed by atoms with van der Waals surface area (Å²) in [4.78, 5) is 55.8. The number of nitrogens with zero attached hydrogens (tertiary/aromatic N) is 5. The third-order valence-corrected chi connectivity index (χ3v) is 11.2. The van der Waals surface area contributed by atoms with Gasteiger partial charge in [0.25, 0.3) is 11.5 Å². The van der Waals surface area contributed by atoms with Gasteiger partial charge in [-0.25, -0.2) is 9.07 Å². The second kappa shape index (κ2) is 13.2. The van der Waals surface area contributed by atoms with E-state index in [4.69, 9.17) is 11.6 Å². The molecule has 11 nitrogen and oxygen atoms in total. The summed E-state index contributed by atoms with van der Waals surface area (Å²) in [6.45, 7) is 4.65. The summed E-state index contributed by atoms with van der Waals surface area (Å²) in [7, 11) is 3.65. The van der Waals surface area contributed by atoms with Crippen LogP contribution in [0.15, 0.2) is 53.5 Å². The molecule has 0 aliphatic carbocycles. The molecule has 1 spiro atoms. The van der Waals surface area contributed by atoms with Crippen LogP contribution in [0.4, 0.5) is 15.8 Å². The van der Waals surface area contributed by atoms with E-state index in [9.17, 15) is 19.2 Å². The number of imide groups is 1. The summed E-state index contributed by atoms with van der Waals surface area (Å²) in [5, 5.41) is 9.95. The molecule has 0 radical (unpaired) electrons. The third kappa shape index (κ3) is 6.68. The fourth-order valence-corrected chi connectivity index (χ4v) is 8.23. The van der Waals surface area contributed by atoms with Gasteiger partial charge in [-0.3, -0.25) is 24.5 Å². The molecule has 13 heteroatoms. The predicted molar refractivity (Wildman–Crippen MR) is 185 cm³/mol. The lowest BCUT2D eigenvalue weighted by molar-refractivity contribution is -0.134. The van der Waals surface area contributed by atoms with Gasteiger partial charge in [0.2, 0.25) is 11.8 Å². The number of aromatic nitrogens is 2. The minimum Gasteiger partial charge on any atom is -0.378 e. The van der Waals surface area contributed by atoms with Gasteiger partial charge < -0.3 is 20.0 Å². The number of benzene rings is 2. The first kappa shape index (κ1) is 33.2. The van der Waals surface area contributed by atoms with E-state index in [1.54, 1.807) is 19.3 Å². The highest BCUT2D eigenvalue weighted by atomic mass is 35.5. The smallest absolute Gasteiger partial charge is 0.287 e. The van der Waals surface area contributed by atoms with Crippen molar-refractivity contribution < 1.29 is 18.8 Å². The number of anilines is 2. The highest BCUT2D eigenvalue weighted by Gasteiger charge is 2.46. The first-order valence-corrected chi connectivity index (χ1v) is 17.3. The van der Waals surface area contributed by atoms with Gasteiger partial charge >= 0.3 is 0 Å². The monoisotopic (exact) mass is 689 g/mol. The zero-order valence-corrected chi connectivity index (χ0v) is 28.5. The number of likely N-dealkylation sites (tertiary alicyclic amines) is 2. The van der Waals surface area contributed by atoms with Crippen molar-refractivity contribution in [1.82, 2.24) is 24.9 Å². The number of nitrogens with one attached hydrogen (secondary N) is 2. The lowest BCUT2D eigenvalue weighted by atomic mass is 9.71. The van der Waals surface area contributed by atoms with Crippen molar-refractivity contribution in [3.63, 3.8) is 0 Å². The average molecular weight is 690 g/mol. The molecule has 2 aromatic carbocycles. The van der Waals surface area contributed by atoms with Gasteiger partial charge in [-0.05, 0) is 68.5 Å². The Labute approximate surface area is 289 Å². The molecule has 258 valence electrons. The van der Waals surface area contributed by atoms with Gasteiger partial charge in [0.1, 0.15) is 10.8 Å². The van der Waals surface area contributed by atoms with Crippen molar-refractivity contribution in [1.29, 1.82) is 0 Å². The molecule has 4 aliphatic heterocycles. The van der Waals surface area contributed by atoms with Crippen molar-refractivity contribution in [2.75, 3.05) is 56.5 Å². The number of piperidine rings is 3. The van der Waals surface area contributed by atoms with Gasteiger partial charge in [-0.15, -0.1) is 0 Å². The first-order valence-electron chi connectivity index (χ1n) is 16.9. The lowest BCUT2D eigenvalue weighted by Gasteiger charge is -2.55. The summed E-state index contributed by atoms with van der Waals surface area (Å²) in [5.41, 5.74) is 3.27. The van der Waals surface area contributed by atoms with E-state index in [0.29, 0.717) is 36.3 Å². The Balaban J connectivity index is 0.917. The molecule has 4 saturated heterocycles. The van der Waals surface area contributed by atoms with Crippen molar-refractivity contribution in [3.8, 4) is 0 Å². The fourth-order valence-electron chi connectivity index (χ4n) is 8.01. The van der Waals surface area contributed by atoms with Crippen LogP contribution in [-0.4, -0.2) is 89.7 Å². The van der Waals surface area contributed by atoms with Crippen LogP contribution in [0.5, 0.6) is 0 Å². The van der Waals surface area contributed by atoms with Crippen molar-refractivity contribution >= 4 is 40.7 Å². The molecule has 3 amide bonds. The van der Waals surface area contributed by atoms with Gasteiger partial charge in [0, 0.05) is 81.0 Å². The van der Waals surface area contributed by atoms with Crippen LogP contribution >= 0.6 is 11.6 Å². The molecule has 1 unspecified atom stereocenters. The Morgan fingerprint density at radius 3 is 2.47 bits per heavy atom. The SMILES string of the molecule is CN1C[C@H](Nc2cnn(C)c(=O)c2Cl)C[C@H](c2ccc(C(=O)N3CCC4(CC3)CN(c3ccc(C5CCC(=O)NC5=O)c(F)c3)C4)cc2)C1. The standard InChI is InChI=1S/C36H41ClFN7O4/c1-42-18-24(15-25(19-42)40-30-17-39-43(2)35(49)32(30)37)22-3-5-23(6-4-22)34(48)44-13-11-36(12-14-44)20-45(21-36)26-7-8-27(29(38)16-26)28-9-10-31(46)41-33(28)47/h3-8,16-17,24-25,28,40H,9-15,18-21H2,1-2H3,(H,41,46,47)/t24-,25+,28?/m0/s1. The second-order valence-corrected chi connectivity index (χ2v) is 14.7. The fraction of sp³-hybridized carbons (Fsp3) is 0.472. The molecule has 5 heterocycles. The summed E-state index contributed by atoms with van der Waals surface area (Å²) in [6, 6.07) is 13.1. The molecule has 2 N–H and O–H groups in total. The number of hydrogen-bond acceptors (Lipinski definition) is 8. The van der Waals surface area contributed by atoms with Crippen LogP contribution in [0.3, 0.4) is 0 Å². The first-order chi connectivity index (χ1) is 23.5. The maximum absolute atomic E-state index is 15.1. The number of halogens is 2. The Morgan fingerprint density at radius 1 is 1.04 bits per heavy atom. The number of carbonyl (C=O) groups excluding carboxylic acids is 3. The molecule has 3 aromatic rings. The zero-order chi connectivity index (χ0) is 34.4. The second-order valence-electron chi connectivity index (χ2n) is 14.3. The predicted octanol–water partition coefficient (Wildman–Crippen LogP) is 3.74. The average Bonchev–Trinajstić information content (AvgIpc) is 3.07. The summed E-state index contributed by atoms with van der Waals surface area (Å²) >= 11 is 6.30. The van der Waals surface area contributed by atoms with Crippen molar-refractivity contribution in [2.45, 2.75) is 50.0 Å². The van der Waals surface area contributed by atoms with Crippen LogP contribution in [-0.2, 0) is 16.6 Å². The molecule has 7 rings (SSSR count). The van der Waals surface area contributed by atoms with Crippen molar-refractivity contribution in [2.24, 2.45) is 12.5 Å². The van der Waals surface area contributed by atoms with Gasteiger partial charge in [0.05, 0.1) is 17.8 Å². The van der Waals surface area contributed by atoms with E-state index in [0.717, 1.165) is 56.7 Å². The van der Waals surface area contributed by atoms with E-state index in [-0.39, 0.29) is 46.2 Å². The largest absolute Gasteiger partial charge is 0.378 e. The number of likely N-dealkylation sites (N-methyl/N-ethyl adjacent to an activating group) is 1. The van der Waals surface area contributed by atoms with E-state index in [1.165, 1.54) is 10.7 Å². The zero-order valence-electron chi connectivity index (χ0n) is 27.8. The number of aryl methyl sites for hydroxylation is 1. The molecule has 0 bridgehead atoms. The van der Waals surface area contributed by atoms with E-state index < -0.39 is 17.6 Å². The maximum atomic E-state index is 15.1. The van der Waals surface area contributed by atoms with Gasteiger partial charge in [0.15, 0.2) is 0 Å². The quantitative estimate of drug-likeness (QED) is 0.376. The summed E-state index contributed by atoms with van der Waals surface area (Å²) in [5.74, 6) is -1.53. The number of amides is 3. The number of carbonyl (C=O) groups is 3. The molecule has 3 atom stereocenters. The highest BCUT2D eigenvalue weighted by Crippen LogP contribution is 2.43. The van der Waals surface area contributed by atoms with Crippen LogP contribution < -0.4 is 21.1 Å². The molecule has 4 fully saturated rings. The maximum Gasteiger partial charge on any atom is 0.287 e. The molecule has 0 saturated carbocycles. The Hall–Kier alpha value is -4.29. The molecule has 1 aromatic heterocycles. The minimum absolute atomic E-state index is 0.0387. The van der Waals surface area contributed by atoms with Crippen LogP contribution in [0.1, 0.15) is 65.4 Å². The highest BCUT2D eigenvalue weighted by molar-refractivity contribution is 6.32. The topological polar surface area (TPSA) is 120 Å². The molecular weight excluding hydrogens is 649 g/mol. The Morgan fingerprint density at radius 2 is 1.78 bits per heavy atom. The third-order valence-electron chi connectivity index (χ3n) is 10.8.